The van der Waals surface area contributed by atoms with E-state index >= 15 is 0 Å². The van der Waals surface area contributed by atoms with E-state index in [1.807, 2.05) is 6.92 Å². The predicted octanol–water partition coefficient (Wildman–Crippen LogP) is 2.38. The molecule has 7 heteroatoms. The summed E-state index contributed by atoms with van der Waals surface area (Å²) in [5.74, 6) is 1.47. The number of hydrogen-bond donors (Lipinski definition) is 2. The van der Waals surface area contributed by atoms with Crippen LogP contribution in [0.5, 0.6) is 0 Å². The summed E-state index contributed by atoms with van der Waals surface area (Å²) in [4.78, 5) is 19.2. The molecule has 1 saturated heterocycles. The zero-order valence-corrected chi connectivity index (χ0v) is 18.1. The highest BCUT2D eigenvalue weighted by Gasteiger charge is 2.31. The lowest BCUT2D eigenvalue weighted by Gasteiger charge is -2.26. The van der Waals surface area contributed by atoms with E-state index in [-0.39, 0.29) is 29.9 Å². The van der Waals surface area contributed by atoms with Gasteiger partial charge in [0.25, 0.3) is 0 Å². The summed E-state index contributed by atoms with van der Waals surface area (Å²) < 4.78 is 5.33. The Balaban J connectivity index is 0.00000312. The summed E-state index contributed by atoms with van der Waals surface area (Å²) in [6.07, 6.45) is 6.86. The molecule has 0 spiro atoms. The summed E-state index contributed by atoms with van der Waals surface area (Å²) >= 11 is 0. The van der Waals surface area contributed by atoms with Gasteiger partial charge in [-0.15, -0.1) is 24.0 Å². The van der Waals surface area contributed by atoms with E-state index < -0.39 is 0 Å². The molecule has 1 aliphatic carbocycles. The molecule has 25 heavy (non-hydrogen) atoms. The highest BCUT2D eigenvalue weighted by molar-refractivity contribution is 14.0. The second-order valence-corrected chi connectivity index (χ2v) is 6.71. The molecule has 2 aliphatic rings. The molecule has 2 fully saturated rings. The number of nitrogens with one attached hydrogen (secondary N) is 2. The van der Waals surface area contributed by atoms with Crippen molar-refractivity contribution in [1.29, 1.82) is 0 Å². The molecule has 0 aromatic heterocycles. The van der Waals surface area contributed by atoms with Crippen LogP contribution in [0.2, 0.25) is 0 Å². The lowest BCUT2D eigenvalue weighted by atomic mass is 9.88. The van der Waals surface area contributed by atoms with Gasteiger partial charge in [0.05, 0.1) is 13.2 Å². The fourth-order valence-electron chi connectivity index (χ4n) is 3.57. The number of carbonyl (C=O) groups is 1. The zero-order valence-electron chi connectivity index (χ0n) is 15.8. The molecule has 1 atom stereocenters. The first kappa shape index (κ1) is 22.5. The van der Waals surface area contributed by atoms with Crippen LogP contribution < -0.4 is 10.6 Å². The number of rotatable bonds is 7. The van der Waals surface area contributed by atoms with Crippen molar-refractivity contribution >= 4 is 35.8 Å². The van der Waals surface area contributed by atoms with Crippen LogP contribution in [-0.2, 0) is 9.53 Å². The van der Waals surface area contributed by atoms with Gasteiger partial charge in [-0.05, 0) is 33.1 Å². The van der Waals surface area contributed by atoms with Crippen molar-refractivity contribution < 1.29 is 9.53 Å². The normalized spacial score (nSPS) is 21.8. The van der Waals surface area contributed by atoms with Gasteiger partial charge in [0.1, 0.15) is 0 Å². The van der Waals surface area contributed by atoms with E-state index in [0.29, 0.717) is 25.1 Å². The number of hydrogen-bond acceptors (Lipinski definition) is 3. The van der Waals surface area contributed by atoms with Crippen LogP contribution in [0.15, 0.2) is 4.99 Å². The van der Waals surface area contributed by atoms with Crippen molar-refractivity contribution in [2.24, 2.45) is 10.9 Å². The van der Waals surface area contributed by atoms with E-state index in [1.165, 1.54) is 19.3 Å². The number of amides is 1. The standard InChI is InChI=1S/C18H34N4O2.HI/c1-3-19-18(20-11-13-24-4-2)21-16-10-12-22(14-16)17(23)15-8-6-5-7-9-15;/h15-16H,3-14H2,1-2H3,(H2,19,20,21);1H. The highest BCUT2D eigenvalue weighted by Crippen LogP contribution is 2.26. The van der Waals surface area contributed by atoms with Gasteiger partial charge in [-0.3, -0.25) is 9.79 Å². The number of likely N-dealkylation sites (tertiary alicyclic amines) is 1. The molecule has 0 bridgehead atoms. The van der Waals surface area contributed by atoms with Crippen molar-refractivity contribution in [1.82, 2.24) is 15.5 Å². The first-order valence-electron chi connectivity index (χ1n) is 9.66. The number of guanidine groups is 1. The van der Waals surface area contributed by atoms with Gasteiger partial charge >= 0.3 is 0 Å². The van der Waals surface area contributed by atoms with Gasteiger partial charge in [0.15, 0.2) is 5.96 Å². The largest absolute Gasteiger partial charge is 0.380 e. The maximum atomic E-state index is 12.6. The van der Waals surface area contributed by atoms with Crippen molar-refractivity contribution in [3.8, 4) is 0 Å². The second kappa shape index (κ2) is 12.7. The van der Waals surface area contributed by atoms with Crippen molar-refractivity contribution in [2.75, 3.05) is 39.4 Å². The summed E-state index contributed by atoms with van der Waals surface area (Å²) in [5.41, 5.74) is 0. The molecule has 0 aromatic carbocycles. The fourth-order valence-corrected chi connectivity index (χ4v) is 3.57. The predicted molar refractivity (Wildman–Crippen MR) is 113 cm³/mol. The molecule has 0 aromatic rings. The minimum Gasteiger partial charge on any atom is -0.380 e. The molecule has 0 radical (unpaired) electrons. The van der Waals surface area contributed by atoms with Gasteiger partial charge < -0.3 is 20.3 Å². The van der Waals surface area contributed by atoms with Gasteiger partial charge in [-0.25, -0.2) is 0 Å². The molecular weight excluding hydrogens is 431 g/mol. The molecule has 1 heterocycles. The van der Waals surface area contributed by atoms with E-state index in [9.17, 15) is 4.79 Å². The number of nitrogens with zero attached hydrogens (tertiary/aromatic N) is 2. The quantitative estimate of drug-likeness (QED) is 0.262. The first-order chi connectivity index (χ1) is 11.7. The van der Waals surface area contributed by atoms with Crippen LogP contribution in [0.3, 0.4) is 0 Å². The maximum Gasteiger partial charge on any atom is 0.225 e. The van der Waals surface area contributed by atoms with Gasteiger partial charge in [-0.2, -0.15) is 0 Å². The van der Waals surface area contributed by atoms with E-state index in [1.54, 1.807) is 0 Å². The summed E-state index contributed by atoms with van der Waals surface area (Å²) in [6, 6.07) is 0.294. The average Bonchev–Trinajstić information content (AvgIpc) is 3.07. The first-order valence-corrected chi connectivity index (χ1v) is 9.66. The monoisotopic (exact) mass is 466 g/mol. The summed E-state index contributed by atoms with van der Waals surface area (Å²) in [7, 11) is 0. The van der Waals surface area contributed by atoms with Gasteiger partial charge in [0, 0.05) is 38.2 Å². The SMILES string of the molecule is CCNC(=NCCOCC)NC1CCN(C(=O)C2CCCCC2)C1.I. The number of carbonyl (C=O) groups excluding carboxylic acids is 1. The Morgan fingerprint density at radius 2 is 1.96 bits per heavy atom. The molecule has 1 unspecified atom stereocenters. The Morgan fingerprint density at radius 1 is 1.20 bits per heavy atom. The molecule has 1 aliphatic heterocycles. The second-order valence-electron chi connectivity index (χ2n) is 6.71. The number of halogens is 1. The van der Waals surface area contributed by atoms with Crippen LogP contribution in [0.4, 0.5) is 0 Å². The Morgan fingerprint density at radius 3 is 2.64 bits per heavy atom. The van der Waals surface area contributed by atoms with Crippen LogP contribution in [0.25, 0.3) is 0 Å². The minimum atomic E-state index is 0. The van der Waals surface area contributed by atoms with Crippen LogP contribution >= 0.6 is 24.0 Å². The fraction of sp³-hybridized carbons (Fsp3) is 0.889. The van der Waals surface area contributed by atoms with Gasteiger partial charge in [0.2, 0.25) is 5.91 Å². The molecule has 2 rings (SSSR count). The lowest BCUT2D eigenvalue weighted by Crippen LogP contribution is -2.45. The third-order valence-corrected chi connectivity index (χ3v) is 4.85. The van der Waals surface area contributed by atoms with E-state index in [4.69, 9.17) is 4.74 Å². The topological polar surface area (TPSA) is 66.0 Å². The van der Waals surface area contributed by atoms with Crippen molar-refractivity contribution in [3.05, 3.63) is 0 Å². The molecular formula is C18H35IN4O2. The van der Waals surface area contributed by atoms with E-state index in [0.717, 1.165) is 51.5 Å². The zero-order chi connectivity index (χ0) is 17.2. The molecule has 6 nitrogen and oxygen atoms in total. The van der Waals surface area contributed by atoms with Crippen molar-refractivity contribution in [2.45, 2.75) is 58.4 Å². The number of aliphatic imine (C=N–C) groups is 1. The molecule has 146 valence electrons. The minimum absolute atomic E-state index is 0. The van der Waals surface area contributed by atoms with Gasteiger partial charge in [-0.1, -0.05) is 19.3 Å². The average molecular weight is 466 g/mol. The van der Waals surface area contributed by atoms with Crippen LogP contribution in [0, 0.1) is 5.92 Å². The third kappa shape index (κ3) is 7.68. The van der Waals surface area contributed by atoms with E-state index in [2.05, 4.69) is 27.4 Å². The summed E-state index contributed by atoms with van der Waals surface area (Å²) in [5, 5.41) is 6.74. The maximum absolute atomic E-state index is 12.6. The smallest absolute Gasteiger partial charge is 0.225 e. The summed E-state index contributed by atoms with van der Waals surface area (Å²) in [6.45, 7) is 8.57. The van der Waals surface area contributed by atoms with Crippen LogP contribution in [0.1, 0.15) is 52.4 Å². The Kier molecular flexibility index (Phi) is 11.4. The molecule has 1 saturated carbocycles. The van der Waals surface area contributed by atoms with Crippen molar-refractivity contribution in [3.63, 3.8) is 0 Å². The lowest BCUT2D eigenvalue weighted by molar-refractivity contribution is -0.135. The number of ether oxygens (including phenoxy) is 1. The highest BCUT2D eigenvalue weighted by atomic mass is 127. The Labute approximate surface area is 169 Å². The molecule has 2 N–H and O–H groups in total. The third-order valence-electron chi connectivity index (χ3n) is 4.85. The molecule has 1 amide bonds. The Bertz CT molecular complexity index is 414. The Hall–Kier alpha value is -0.570. The van der Waals surface area contributed by atoms with Crippen LogP contribution in [-0.4, -0.2) is 62.2 Å².